The zero-order chi connectivity index (χ0) is 12.7. The fourth-order valence-corrected chi connectivity index (χ4v) is 1.75. The molecule has 0 saturated carbocycles. The molecule has 1 aromatic carbocycles. The number of carbonyl (C=O) groups excluding carboxylic acids is 1. The van der Waals surface area contributed by atoms with E-state index in [0.717, 1.165) is 25.5 Å². The average molecular weight is 257 g/mol. The molecule has 0 aliphatic carbocycles. The van der Waals surface area contributed by atoms with E-state index in [9.17, 15) is 4.79 Å². The molecule has 3 nitrogen and oxygen atoms in total. The van der Waals surface area contributed by atoms with Crippen molar-refractivity contribution in [3.05, 3.63) is 22.7 Å². The van der Waals surface area contributed by atoms with Gasteiger partial charge in [-0.1, -0.05) is 31.4 Å². The molecule has 0 saturated heterocycles. The molecule has 94 valence electrons. The Hall–Kier alpha value is -1.22. The van der Waals surface area contributed by atoms with Crippen molar-refractivity contribution in [2.45, 2.75) is 26.2 Å². The molecule has 1 rings (SSSR count). The lowest BCUT2D eigenvalue weighted by Gasteiger charge is -2.12. The monoisotopic (exact) mass is 256 g/mol. The molecule has 0 atom stereocenters. The second-order valence-corrected chi connectivity index (χ2v) is 4.11. The van der Waals surface area contributed by atoms with Crippen molar-refractivity contribution in [3.8, 4) is 11.5 Å². The van der Waals surface area contributed by atoms with Crippen molar-refractivity contribution in [2.75, 3.05) is 13.7 Å². The van der Waals surface area contributed by atoms with Crippen LogP contribution < -0.4 is 9.47 Å². The zero-order valence-corrected chi connectivity index (χ0v) is 10.9. The molecule has 1 aromatic rings. The van der Waals surface area contributed by atoms with Crippen molar-refractivity contribution in [1.29, 1.82) is 0 Å². The summed E-state index contributed by atoms with van der Waals surface area (Å²) >= 11 is 6.04. The minimum absolute atomic E-state index is 0.406. The maximum Gasteiger partial charge on any atom is 0.179 e. The van der Waals surface area contributed by atoms with Crippen LogP contribution in [0.2, 0.25) is 5.02 Å². The Morgan fingerprint density at radius 2 is 2.12 bits per heavy atom. The molecule has 0 aromatic heterocycles. The summed E-state index contributed by atoms with van der Waals surface area (Å²) < 4.78 is 10.7. The van der Waals surface area contributed by atoms with E-state index in [1.54, 1.807) is 12.1 Å². The lowest BCUT2D eigenvalue weighted by molar-refractivity contribution is 0.112. The van der Waals surface area contributed by atoms with Gasteiger partial charge in [0.2, 0.25) is 0 Å². The minimum atomic E-state index is 0.406. The molecule has 0 aliphatic rings. The Morgan fingerprint density at radius 1 is 1.35 bits per heavy atom. The molecule has 0 spiro atoms. The average Bonchev–Trinajstić information content (AvgIpc) is 2.35. The van der Waals surface area contributed by atoms with Gasteiger partial charge in [-0.2, -0.15) is 0 Å². The van der Waals surface area contributed by atoms with Crippen molar-refractivity contribution in [3.63, 3.8) is 0 Å². The summed E-state index contributed by atoms with van der Waals surface area (Å²) in [5.74, 6) is 1.01. The SMILES string of the molecule is CCCCCOc1c(Cl)cc(C=O)cc1OC. The number of hydrogen-bond donors (Lipinski definition) is 0. The van der Waals surface area contributed by atoms with E-state index in [2.05, 4.69) is 6.92 Å². The quantitative estimate of drug-likeness (QED) is 0.551. The fourth-order valence-electron chi connectivity index (χ4n) is 1.47. The van der Waals surface area contributed by atoms with Crippen LogP contribution in [0.4, 0.5) is 0 Å². The lowest BCUT2D eigenvalue weighted by atomic mass is 10.2. The van der Waals surface area contributed by atoms with E-state index in [0.29, 0.717) is 28.7 Å². The summed E-state index contributed by atoms with van der Waals surface area (Å²) in [6.45, 7) is 2.73. The highest BCUT2D eigenvalue weighted by Gasteiger charge is 2.11. The van der Waals surface area contributed by atoms with Crippen LogP contribution >= 0.6 is 11.6 Å². The fraction of sp³-hybridized carbons (Fsp3) is 0.462. The summed E-state index contributed by atoms with van der Waals surface area (Å²) in [6.07, 6.45) is 3.96. The molecule has 0 heterocycles. The van der Waals surface area contributed by atoms with Crippen LogP contribution in [-0.2, 0) is 0 Å². The number of halogens is 1. The van der Waals surface area contributed by atoms with E-state index in [1.807, 2.05) is 0 Å². The first-order chi connectivity index (χ1) is 8.22. The van der Waals surface area contributed by atoms with Gasteiger partial charge < -0.3 is 9.47 Å². The third-order valence-corrected chi connectivity index (χ3v) is 2.66. The van der Waals surface area contributed by atoms with Gasteiger partial charge in [-0.15, -0.1) is 0 Å². The summed E-state index contributed by atoms with van der Waals surface area (Å²) in [5, 5.41) is 0.406. The first-order valence-electron chi connectivity index (χ1n) is 5.68. The maximum atomic E-state index is 10.7. The maximum absolute atomic E-state index is 10.7. The van der Waals surface area contributed by atoms with Crippen molar-refractivity contribution in [1.82, 2.24) is 0 Å². The van der Waals surface area contributed by atoms with Gasteiger partial charge in [0.1, 0.15) is 6.29 Å². The van der Waals surface area contributed by atoms with Crippen LogP contribution in [-0.4, -0.2) is 20.0 Å². The van der Waals surface area contributed by atoms with Crippen molar-refractivity contribution < 1.29 is 14.3 Å². The third kappa shape index (κ3) is 3.93. The number of benzene rings is 1. The van der Waals surface area contributed by atoms with E-state index in [-0.39, 0.29) is 0 Å². The van der Waals surface area contributed by atoms with E-state index >= 15 is 0 Å². The summed E-state index contributed by atoms with van der Waals surface area (Å²) in [5.41, 5.74) is 0.479. The minimum Gasteiger partial charge on any atom is -0.493 e. The molecule has 0 aliphatic heterocycles. The highest BCUT2D eigenvalue weighted by molar-refractivity contribution is 6.32. The Morgan fingerprint density at radius 3 is 2.71 bits per heavy atom. The molecular formula is C13H17ClO3. The van der Waals surface area contributed by atoms with Crippen LogP contribution in [0.1, 0.15) is 36.5 Å². The third-order valence-electron chi connectivity index (χ3n) is 2.38. The van der Waals surface area contributed by atoms with Crippen molar-refractivity contribution in [2.24, 2.45) is 0 Å². The first kappa shape index (κ1) is 13.8. The predicted molar refractivity (Wildman–Crippen MR) is 68.4 cm³/mol. The van der Waals surface area contributed by atoms with E-state index < -0.39 is 0 Å². The zero-order valence-electron chi connectivity index (χ0n) is 10.2. The van der Waals surface area contributed by atoms with Gasteiger partial charge in [-0.05, 0) is 18.6 Å². The Labute approximate surface area is 107 Å². The van der Waals surface area contributed by atoms with Crippen LogP contribution in [0.5, 0.6) is 11.5 Å². The Balaban J connectivity index is 2.79. The van der Waals surface area contributed by atoms with Crippen LogP contribution in [0.15, 0.2) is 12.1 Å². The first-order valence-corrected chi connectivity index (χ1v) is 6.06. The largest absolute Gasteiger partial charge is 0.493 e. The molecule has 0 radical (unpaired) electrons. The van der Waals surface area contributed by atoms with Gasteiger partial charge in [0.25, 0.3) is 0 Å². The molecule has 17 heavy (non-hydrogen) atoms. The predicted octanol–water partition coefficient (Wildman–Crippen LogP) is 3.73. The molecule has 0 bridgehead atoms. The second-order valence-electron chi connectivity index (χ2n) is 3.71. The van der Waals surface area contributed by atoms with E-state index in [4.69, 9.17) is 21.1 Å². The molecular weight excluding hydrogens is 240 g/mol. The normalized spacial score (nSPS) is 10.1. The Kier molecular flexibility index (Phi) is 5.84. The van der Waals surface area contributed by atoms with Crippen LogP contribution in [0.3, 0.4) is 0 Å². The second kappa shape index (κ2) is 7.17. The number of ether oxygens (including phenoxy) is 2. The number of carbonyl (C=O) groups is 1. The highest BCUT2D eigenvalue weighted by atomic mass is 35.5. The van der Waals surface area contributed by atoms with Gasteiger partial charge in [0, 0.05) is 5.56 Å². The number of unbranched alkanes of at least 4 members (excludes halogenated alkanes) is 2. The molecule has 4 heteroatoms. The topological polar surface area (TPSA) is 35.5 Å². The van der Waals surface area contributed by atoms with Gasteiger partial charge in [0.15, 0.2) is 11.5 Å². The number of aldehydes is 1. The van der Waals surface area contributed by atoms with Gasteiger partial charge >= 0.3 is 0 Å². The summed E-state index contributed by atoms with van der Waals surface area (Å²) in [7, 11) is 1.53. The smallest absolute Gasteiger partial charge is 0.179 e. The number of rotatable bonds is 7. The Bertz CT molecular complexity index is 377. The number of methoxy groups -OCH3 is 1. The number of hydrogen-bond acceptors (Lipinski definition) is 3. The summed E-state index contributed by atoms with van der Waals surface area (Å²) in [6, 6.07) is 3.19. The standard InChI is InChI=1S/C13H17ClO3/c1-3-4-5-6-17-13-11(14)7-10(9-15)8-12(13)16-2/h7-9H,3-6H2,1-2H3. The van der Waals surface area contributed by atoms with Crippen LogP contribution in [0.25, 0.3) is 0 Å². The van der Waals surface area contributed by atoms with Gasteiger partial charge in [-0.25, -0.2) is 0 Å². The lowest BCUT2D eigenvalue weighted by Crippen LogP contribution is -2.00. The van der Waals surface area contributed by atoms with Crippen molar-refractivity contribution >= 4 is 17.9 Å². The van der Waals surface area contributed by atoms with Gasteiger partial charge in [0.05, 0.1) is 18.7 Å². The molecule has 0 amide bonds. The van der Waals surface area contributed by atoms with Gasteiger partial charge in [-0.3, -0.25) is 4.79 Å². The summed E-state index contributed by atoms with van der Waals surface area (Å²) in [4.78, 5) is 10.7. The van der Waals surface area contributed by atoms with Crippen LogP contribution in [0, 0.1) is 0 Å². The molecule has 0 fully saturated rings. The highest BCUT2D eigenvalue weighted by Crippen LogP contribution is 2.36. The van der Waals surface area contributed by atoms with E-state index in [1.165, 1.54) is 7.11 Å². The molecule has 0 N–H and O–H groups in total. The molecule has 0 unspecified atom stereocenters.